The summed E-state index contributed by atoms with van der Waals surface area (Å²) in [5.41, 5.74) is -0.750. The molecule has 1 aromatic carbocycles. The van der Waals surface area contributed by atoms with Crippen molar-refractivity contribution in [2.24, 2.45) is 0 Å². The average molecular weight is 282 g/mol. The molecule has 0 aliphatic heterocycles. The van der Waals surface area contributed by atoms with E-state index in [1.54, 1.807) is 0 Å². The van der Waals surface area contributed by atoms with Crippen molar-refractivity contribution in [1.82, 2.24) is 0 Å². The van der Waals surface area contributed by atoms with Gasteiger partial charge in [0.1, 0.15) is 0 Å². The predicted molar refractivity (Wildman–Crippen MR) is 56.1 cm³/mol. The quantitative estimate of drug-likeness (QED) is 0.661. The zero-order chi connectivity index (χ0) is 13.9. The highest BCUT2D eigenvalue weighted by molar-refractivity contribution is 6.33. The van der Waals surface area contributed by atoms with E-state index < -0.39 is 35.4 Å². The van der Waals surface area contributed by atoms with E-state index in [4.69, 9.17) is 16.7 Å². The molecule has 0 bridgehead atoms. The van der Waals surface area contributed by atoms with E-state index in [0.717, 1.165) is 6.07 Å². The average Bonchev–Trinajstić information content (AvgIpc) is 2.22. The SMILES string of the molecule is O=C(O)Cc1cc([N+](=O)[O-])cc(OC(F)F)c1Cl. The Hall–Kier alpha value is -1.96. The highest BCUT2D eigenvalue weighted by Crippen LogP contribution is 2.34. The van der Waals surface area contributed by atoms with Gasteiger partial charge in [0.25, 0.3) is 5.69 Å². The van der Waals surface area contributed by atoms with Crippen molar-refractivity contribution in [3.8, 4) is 5.75 Å². The van der Waals surface area contributed by atoms with E-state index in [2.05, 4.69) is 4.74 Å². The number of rotatable bonds is 5. The monoisotopic (exact) mass is 281 g/mol. The molecule has 0 saturated heterocycles. The largest absolute Gasteiger partial charge is 0.481 e. The van der Waals surface area contributed by atoms with Crippen LogP contribution in [-0.2, 0) is 11.2 Å². The van der Waals surface area contributed by atoms with Crippen molar-refractivity contribution in [2.45, 2.75) is 13.0 Å². The number of alkyl halides is 2. The van der Waals surface area contributed by atoms with Crippen LogP contribution < -0.4 is 4.74 Å². The summed E-state index contributed by atoms with van der Waals surface area (Å²) >= 11 is 5.63. The number of halogens is 3. The molecule has 98 valence electrons. The molecule has 0 aromatic heterocycles. The molecule has 0 heterocycles. The summed E-state index contributed by atoms with van der Waals surface area (Å²) in [6, 6.07) is 1.61. The number of carboxylic acid groups (broad SMARTS) is 1. The second-order valence-electron chi connectivity index (χ2n) is 3.12. The van der Waals surface area contributed by atoms with Crippen LogP contribution in [0.15, 0.2) is 12.1 Å². The van der Waals surface area contributed by atoms with Crippen LogP contribution in [0.25, 0.3) is 0 Å². The van der Waals surface area contributed by atoms with Crippen LogP contribution in [0.2, 0.25) is 5.02 Å². The number of nitro groups is 1. The smallest absolute Gasteiger partial charge is 0.387 e. The maximum absolute atomic E-state index is 12.1. The third-order valence-corrected chi connectivity index (χ3v) is 2.30. The Morgan fingerprint density at radius 2 is 2.17 bits per heavy atom. The van der Waals surface area contributed by atoms with E-state index in [1.165, 1.54) is 0 Å². The van der Waals surface area contributed by atoms with Gasteiger partial charge in [0.2, 0.25) is 0 Å². The number of benzene rings is 1. The van der Waals surface area contributed by atoms with Crippen LogP contribution in [-0.4, -0.2) is 22.6 Å². The Labute approximate surface area is 104 Å². The van der Waals surface area contributed by atoms with Crippen LogP contribution in [0.3, 0.4) is 0 Å². The van der Waals surface area contributed by atoms with Gasteiger partial charge in [-0.1, -0.05) is 11.6 Å². The first-order chi connectivity index (χ1) is 8.31. The Balaban J connectivity index is 3.28. The van der Waals surface area contributed by atoms with Crippen molar-refractivity contribution < 1.29 is 28.3 Å². The van der Waals surface area contributed by atoms with E-state index in [0.29, 0.717) is 6.07 Å². The Morgan fingerprint density at radius 3 is 2.61 bits per heavy atom. The van der Waals surface area contributed by atoms with Crippen molar-refractivity contribution >= 4 is 23.3 Å². The molecule has 9 heteroatoms. The minimum absolute atomic E-state index is 0.172. The Kier molecular flexibility index (Phi) is 4.38. The van der Waals surface area contributed by atoms with Crippen molar-refractivity contribution in [2.75, 3.05) is 0 Å². The topological polar surface area (TPSA) is 89.7 Å². The Bertz CT molecular complexity index is 494. The van der Waals surface area contributed by atoms with Crippen LogP contribution in [0, 0.1) is 10.1 Å². The number of carbonyl (C=O) groups is 1. The van der Waals surface area contributed by atoms with Crippen LogP contribution in [0.4, 0.5) is 14.5 Å². The zero-order valence-corrected chi connectivity index (χ0v) is 9.36. The lowest BCUT2D eigenvalue weighted by Gasteiger charge is -2.09. The van der Waals surface area contributed by atoms with E-state index in [1.807, 2.05) is 0 Å². The van der Waals surface area contributed by atoms with E-state index >= 15 is 0 Å². The second-order valence-corrected chi connectivity index (χ2v) is 3.50. The maximum Gasteiger partial charge on any atom is 0.387 e. The normalized spacial score (nSPS) is 10.4. The molecule has 0 atom stereocenters. The fraction of sp³-hybridized carbons (Fsp3) is 0.222. The van der Waals surface area contributed by atoms with Gasteiger partial charge in [0, 0.05) is 6.07 Å². The summed E-state index contributed by atoms with van der Waals surface area (Å²) in [6.07, 6.45) is -0.639. The number of hydrogen-bond donors (Lipinski definition) is 1. The van der Waals surface area contributed by atoms with Crippen LogP contribution in [0.5, 0.6) is 5.75 Å². The number of carboxylic acids is 1. The molecule has 18 heavy (non-hydrogen) atoms. The van der Waals surface area contributed by atoms with Crippen LogP contribution in [0.1, 0.15) is 5.56 Å². The standard InChI is InChI=1S/C9H6ClF2NO5/c10-8-4(2-7(14)15)1-5(13(16)17)3-6(8)18-9(11)12/h1,3,9H,2H2,(H,14,15). The number of hydrogen-bond acceptors (Lipinski definition) is 4. The summed E-state index contributed by atoms with van der Waals surface area (Å²) in [4.78, 5) is 20.2. The minimum Gasteiger partial charge on any atom is -0.481 e. The van der Waals surface area contributed by atoms with E-state index in [-0.39, 0.29) is 10.6 Å². The molecule has 1 aromatic rings. The number of nitro benzene ring substituents is 1. The number of aliphatic carboxylic acids is 1. The molecule has 0 aliphatic carbocycles. The molecule has 0 spiro atoms. The lowest BCUT2D eigenvalue weighted by molar-refractivity contribution is -0.385. The summed E-state index contributed by atoms with van der Waals surface area (Å²) in [6.45, 7) is -3.22. The molecule has 0 radical (unpaired) electrons. The minimum atomic E-state index is -3.22. The van der Waals surface area contributed by atoms with Gasteiger partial charge >= 0.3 is 12.6 Å². The van der Waals surface area contributed by atoms with Crippen molar-refractivity contribution in [3.63, 3.8) is 0 Å². The molecule has 1 rings (SSSR count). The third-order valence-electron chi connectivity index (χ3n) is 1.87. The molecule has 0 fully saturated rings. The highest BCUT2D eigenvalue weighted by atomic mass is 35.5. The van der Waals surface area contributed by atoms with Gasteiger partial charge in [-0.15, -0.1) is 0 Å². The molecule has 0 amide bonds. The lowest BCUT2D eigenvalue weighted by atomic mass is 10.1. The van der Waals surface area contributed by atoms with Crippen molar-refractivity contribution in [3.05, 3.63) is 32.8 Å². The summed E-state index contributed by atoms with van der Waals surface area (Å²) in [5.74, 6) is -1.93. The van der Waals surface area contributed by atoms with Gasteiger partial charge in [-0.2, -0.15) is 8.78 Å². The first-order valence-corrected chi connectivity index (χ1v) is 4.82. The molecule has 0 unspecified atom stereocenters. The van der Waals surface area contributed by atoms with Gasteiger partial charge in [-0.05, 0) is 5.56 Å². The number of ether oxygens (including phenoxy) is 1. The zero-order valence-electron chi connectivity index (χ0n) is 8.60. The van der Waals surface area contributed by atoms with E-state index in [9.17, 15) is 23.7 Å². The van der Waals surface area contributed by atoms with Gasteiger partial charge in [0.15, 0.2) is 5.75 Å². The van der Waals surface area contributed by atoms with Gasteiger partial charge in [-0.25, -0.2) is 0 Å². The fourth-order valence-electron chi connectivity index (χ4n) is 1.22. The summed E-state index contributed by atoms with van der Waals surface area (Å²) in [5, 5.41) is 18.8. The van der Waals surface area contributed by atoms with Gasteiger partial charge < -0.3 is 9.84 Å². The van der Waals surface area contributed by atoms with Crippen molar-refractivity contribution in [1.29, 1.82) is 0 Å². The lowest BCUT2D eigenvalue weighted by Crippen LogP contribution is -2.06. The highest BCUT2D eigenvalue weighted by Gasteiger charge is 2.20. The third kappa shape index (κ3) is 3.52. The molecular formula is C9H6ClF2NO5. The molecule has 0 saturated carbocycles. The Morgan fingerprint density at radius 1 is 1.56 bits per heavy atom. The number of nitrogens with zero attached hydrogens (tertiary/aromatic N) is 1. The van der Waals surface area contributed by atoms with Gasteiger partial charge in [-0.3, -0.25) is 14.9 Å². The van der Waals surface area contributed by atoms with Gasteiger partial charge in [0.05, 0.1) is 22.4 Å². The summed E-state index contributed by atoms with van der Waals surface area (Å²) < 4.78 is 28.1. The maximum atomic E-state index is 12.1. The van der Waals surface area contributed by atoms with Crippen LogP contribution >= 0.6 is 11.6 Å². The molecular weight excluding hydrogens is 276 g/mol. The molecule has 0 aliphatic rings. The fourth-order valence-corrected chi connectivity index (χ4v) is 1.44. The number of non-ortho nitro benzene ring substituents is 1. The first-order valence-electron chi connectivity index (χ1n) is 4.44. The molecule has 1 N–H and O–H groups in total. The first kappa shape index (κ1) is 14.1. The second kappa shape index (κ2) is 5.58. The molecule has 6 nitrogen and oxygen atoms in total. The summed E-state index contributed by atoms with van der Waals surface area (Å²) in [7, 11) is 0. The predicted octanol–water partition coefficient (Wildman–Crippen LogP) is 2.48.